The summed E-state index contributed by atoms with van der Waals surface area (Å²) in [4.78, 5) is 12.6. The molecule has 8 heteroatoms. The van der Waals surface area contributed by atoms with E-state index in [9.17, 15) is 4.79 Å². The van der Waals surface area contributed by atoms with Crippen molar-refractivity contribution in [1.29, 1.82) is 0 Å². The molecule has 0 aliphatic rings. The van der Waals surface area contributed by atoms with E-state index in [-0.39, 0.29) is 5.69 Å². The Hall–Kier alpha value is -3.58. The highest BCUT2D eigenvalue weighted by Gasteiger charge is 2.16. The molecule has 1 N–H and O–H groups in total. The van der Waals surface area contributed by atoms with E-state index < -0.39 is 5.91 Å². The van der Waals surface area contributed by atoms with Gasteiger partial charge in [-0.15, -0.1) is 0 Å². The first-order valence-electron chi connectivity index (χ1n) is 9.23. The van der Waals surface area contributed by atoms with Crippen LogP contribution in [-0.4, -0.2) is 28.0 Å². The second-order valence-corrected chi connectivity index (χ2v) is 7.15. The molecule has 2 aromatic heterocycles. The summed E-state index contributed by atoms with van der Waals surface area (Å²) < 4.78 is 12.3. The lowest BCUT2D eigenvalue weighted by atomic mass is 10.1. The van der Waals surface area contributed by atoms with E-state index in [2.05, 4.69) is 15.6 Å². The van der Waals surface area contributed by atoms with Crippen LogP contribution in [0.25, 0.3) is 11.3 Å². The van der Waals surface area contributed by atoms with Crippen LogP contribution in [-0.2, 0) is 6.54 Å². The average Bonchev–Trinajstić information content (AvgIpc) is 3.37. The standard InChI is InChI=1S/C22H19ClN4O3/c1-14-10-21(25-27(14)13-15-6-8-17(23)9-7-15)24-22(28)19-12-20(30-26-19)16-4-3-5-18(11-16)29-2/h3-12H,13H2,1-2H3,(H,24,25,28). The van der Waals surface area contributed by atoms with Crippen LogP contribution >= 0.6 is 11.6 Å². The van der Waals surface area contributed by atoms with Gasteiger partial charge in [-0.05, 0) is 36.8 Å². The summed E-state index contributed by atoms with van der Waals surface area (Å²) >= 11 is 5.93. The first kappa shape index (κ1) is 19.7. The summed E-state index contributed by atoms with van der Waals surface area (Å²) in [5.74, 6) is 1.21. The van der Waals surface area contributed by atoms with Crippen molar-refractivity contribution in [2.45, 2.75) is 13.5 Å². The number of carbonyl (C=O) groups excluding carboxylic acids is 1. The molecule has 2 heterocycles. The van der Waals surface area contributed by atoms with Gasteiger partial charge in [0.15, 0.2) is 17.3 Å². The lowest BCUT2D eigenvalue weighted by molar-refractivity contribution is 0.101. The fourth-order valence-corrected chi connectivity index (χ4v) is 3.09. The quantitative estimate of drug-likeness (QED) is 0.482. The van der Waals surface area contributed by atoms with Gasteiger partial charge in [-0.3, -0.25) is 9.48 Å². The Labute approximate surface area is 178 Å². The third kappa shape index (κ3) is 4.36. The van der Waals surface area contributed by atoms with Crippen molar-refractivity contribution in [3.8, 4) is 17.1 Å². The molecule has 7 nitrogen and oxygen atoms in total. The number of ether oxygens (including phenoxy) is 1. The molecule has 152 valence electrons. The van der Waals surface area contributed by atoms with Crippen LogP contribution in [0.4, 0.5) is 5.82 Å². The Bertz CT molecular complexity index is 1180. The van der Waals surface area contributed by atoms with Gasteiger partial charge >= 0.3 is 0 Å². The Morgan fingerprint density at radius 3 is 2.73 bits per heavy atom. The zero-order valence-corrected chi connectivity index (χ0v) is 17.2. The number of amides is 1. The van der Waals surface area contributed by atoms with E-state index in [4.69, 9.17) is 20.9 Å². The molecule has 0 radical (unpaired) electrons. The largest absolute Gasteiger partial charge is 0.497 e. The first-order chi connectivity index (χ1) is 14.5. The number of anilines is 1. The number of aryl methyl sites for hydroxylation is 1. The zero-order chi connectivity index (χ0) is 21.1. The molecule has 4 aromatic rings. The van der Waals surface area contributed by atoms with E-state index in [0.717, 1.165) is 16.8 Å². The van der Waals surface area contributed by atoms with Crippen LogP contribution in [0.1, 0.15) is 21.7 Å². The van der Waals surface area contributed by atoms with Crippen LogP contribution in [0.5, 0.6) is 5.75 Å². The van der Waals surface area contributed by atoms with Crippen molar-refractivity contribution in [3.05, 3.63) is 82.6 Å². The molecule has 0 bridgehead atoms. The van der Waals surface area contributed by atoms with Gasteiger partial charge in [0.05, 0.1) is 13.7 Å². The van der Waals surface area contributed by atoms with E-state index in [1.165, 1.54) is 0 Å². The topological polar surface area (TPSA) is 82.2 Å². The molecule has 0 atom stereocenters. The molecule has 0 saturated carbocycles. The summed E-state index contributed by atoms with van der Waals surface area (Å²) in [6.07, 6.45) is 0. The van der Waals surface area contributed by atoms with Crippen molar-refractivity contribution in [1.82, 2.24) is 14.9 Å². The maximum Gasteiger partial charge on any atom is 0.279 e. The van der Waals surface area contributed by atoms with Gasteiger partial charge in [-0.1, -0.05) is 41.0 Å². The normalized spacial score (nSPS) is 10.8. The van der Waals surface area contributed by atoms with Gasteiger partial charge in [0.25, 0.3) is 5.91 Å². The van der Waals surface area contributed by atoms with E-state index in [1.54, 1.807) is 19.2 Å². The van der Waals surface area contributed by atoms with Crippen LogP contribution in [0.3, 0.4) is 0 Å². The minimum atomic E-state index is -0.399. The Morgan fingerprint density at radius 2 is 1.97 bits per heavy atom. The molecule has 0 fully saturated rings. The summed E-state index contributed by atoms with van der Waals surface area (Å²) in [5.41, 5.74) is 2.90. The Morgan fingerprint density at radius 1 is 1.17 bits per heavy atom. The number of benzene rings is 2. The maximum absolute atomic E-state index is 12.6. The number of nitrogens with zero attached hydrogens (tertiary/aromatic N) is 3. The smallest absolute Gasteiger partial charge is 0.279 e. The number of nitrogens with one attached hydrogen (secondary N) is 1. The minimum Gasteiger partial charge on any atom is -0.497 e. The summed E-state index contributed by atoms with van der Waals surface area (Å²) in [7, 11) is 1.59. The van der Waals surface area contributed by atoms with Gasteiger partial charge in [0.1, 0.15) is 5.75 Å². The van der Waals surface area contributed by atoms with Gasteiger partial charge in [-0.25, -0.2) is 0 Å². The van der Waals surface area contributed by atoms with Crippen LogP contribution < -0.4 is 10.1 Å². The number of hydrogen-bond donors (Lipinski definition) is 1. The van der Waals surface area contributed by atoms with Gasteiger partial charge < -0.3 is 14.6 Å². The molecule has 1 amide bonds. The molecule has 2 aromatic carbocycles. The lowest BCUT2D eigenvalue weighted by Gasteiger charge is -2.04. The molecule has 0 aliphatic heterocycles. The number of hydrogen-bond acceptors (Lipinski definition) is 5. The van der Waals surface area contributed by atoms with Gasteiger partial charge in [0, 0.05) is 28.4 Å². The SMILES string of the molecule is COc1cccc(-c2cc(C(=O)Nc3cc(C)n(Cc4ccc(Cl)cc4)n3)no2)c1. The van der Waals surface area contributed by atoms with Crippen LogP contribution in [0.2, 0.25) is 5.02 Å². The fourth-order valence-electron chi connectivity index (χ4n) is 2.97. The first-order valence-corrected chi connectivity index (χ1v) is 9.61. The van der Waals surface area contributed by atoms with Crippen molar-refractivity contribution in [2.24, 2.45) is 0 Å². The van der Waals surface area contributed by atoms with Crippen molar-refractivity contribution in [2.75, 3.05) is 12.4 Å². The molecular weight excluding hydrogens is 404 g/mol. The number of halogens is 1. The fraction of sp³-hybridized carbons (Fsp3) is 0.136. The molecule has 0 unspecified atom stereocenters. The lowest BCUT2D eigenvalue weighted by Crippen LogP contribution is -2.13. The maximum atomic E-state index is 12.6. The zero-order valence-electron chi connectivity index (χ0n) is 16.4. The number of aromatic nitrogens is 3. The summed E-state index contributed by atoms with van der Waals surface area (Å²) in [5, 5.41) is 11.8. The number of methoxy groups -OCH3 is 1. The summed E-state index contributed by atoms with van der Waals surface area (Å²) in [6, 6.07) is 18.3. The predicted octanol–water partition coefficient (Wildman–Crippen LogP) is 4.81. The average molecular weight is 423 g/mol. The molecular formula is C22H19ClN4O3. The monoisotopic (exact) mass is 422 g/mol. The van der Waals surface area contributed by atoms with Crippen molar-refractivity contribution >= 4 is 23.3 Å². The summed E-state index contributed by atoms with van der Waals surface area (Å²) in [6.45, 7) is 2.50. The highest BCUT2D eigenvalue weighted by atomic mass is 35.5. The van der Waals surface area contributed by atoms with Crippen LogP contribution in [0.15, 0.2) is 65.2 Å². The van der Waals surface area contributed by atoms with Crippen molar-refractivity contribution < 1.29 is 14.1 Å². The third-order valence-corrected chi connectivity index (χ3v) is 4.82. The van der Waals surface area contributed by atoms with E-state index >= 15 is 0 Å². The van der Waals surface area contributed by atoms with Gasteiger partial charge in [0.2, 0.25) is 0 Å². The van der Waals surface area contributed by atoms with E-state index in [0.29, 0.717) is 28.9 Å². The Balaban J connectivity index is 1.46. The number of carbonyl (C=O) groups is 1. The molecule has 4 rings (SSSR count). The van der Waals surface area contributed by atoms with E-state index in [1.807, 2.05) is 60.1 Å². The minimum absolute atomic E-state index is 0.165. The second-order valence-electron chi connectivity index (χ2n) is 6.72. The molecule has 0 aliphatic carbocycles. The molecule has 0 spiro atoms. The third-order valence-electron chi connectivity index (χ3n) is 4.57. The molecule has 30 heavy (non-hydrogen) atoms. The van der Waals surface area contributed by atoms with Crippen molar-refractivity contribution in [3.63, 3.8) is 0 Å². The second kappa shape index (κ2) is 8.42. The van der Waals surface area contributed by atoms with Gasteiger partial charge in [-0.2, -0.15) is 5.10 Å². The Kier molecular flexibility index (Phi) is 5.54. The predicted molar refractivity (Wildman–Crippen MR) is 114 cm³/mol. The number of rotatable bonds is 6. The molecule has 0 saturated heterocycles. The highest BCUT2D eigenvalue weighted by molar-refractivity contribution is 6.30. The van der Waals surface area contributed by atoms with Crippen LogP contribution in [0, 0.1) is 6.92 Å². The highest BCUT2D eigenvalue weighted by Crippen LogP contribution is 2.24.